The summed E-state index contributed by atoms with van der Waals surface area (Å²) in [5, 5.41) is 12.3. The molecule has 0 spiro atoms. The fourth-order valence-electron chi connectivity index (χ4n) is 2.20. The number of anilines is 1. The van der Waals surface area contributed by atoms with Crippen molar-refractivity contribution >= 4 is 28.8 Å². The van der Waals surface area contributed by atoms with Gasteiger partial charge in [-0.05, 0) is 23.7 Å². The highest BCUT2D eigenvalue weighted by Crippen LogP contribution is 2.10. The molecule has 0 aromatic carbocycles. The van der Waals surface area contributed by atoms with Gasteiger partial charge in [-0.3, -0.25) is 9.48 Å². The maximum absolute atomic E-state index is 11.9. The van der Waals surface area contributed by atoms with E-state index in [9.17, 15) is 4.79 Å². The minimum atomic E-state index is -0.300. The number of imidazole rings is 1. The van der Waals surface area contributed by atoms with Gasteiger partial charge in [0.25, 0.3) is 5.91 Å². The Morgan fingerprint density at radius 2 is 2.26 bits per heavy atom. The number of hydrogen-bond acceptors (Lipinski definition) is 6. The van der Waals surface area contributed by atoms with E-state index >= 15 is 0 Å². The summed E-state index contributed by atoms with van der Waals surface area (Å²) < 4.78 is 7.34. The van der Waals surface area contributed by atoms with Gasteiger partial charge in [0.15, 0.2) is 5.69 Å². The summed E-state index contributed by atoms with van der Waals surface area (Å²) in [4.78, 5) is 16.4. The summed E-state index contributed by atoms with van der Waals surface area (Å²) in [5.74, 6) is -0.300. The molecule has 9 heteroatoms. The summed E-state index contributed by atoms with van der Waals surface area (Å²) in [7, 11) is 0. The number of carbonyl (C=O) groups is 1. The molecule has 0 bridgehead atoms. The molecule has 4 heterocycles. The number of amides is 1. The highest BCUT2D eigenvalue weighted by atomic mass is 32.1. The lowest BCUT2D eigenvalue weighted by Crippen LogP contribution is -2.11. The first-order chi connectivity index (χ1) is 11.3. The molecule has 0 saturated heterocycles. The summed E-state index contributed by atoms with van der Waals surface area (Å²) in [6.45, 7) is 0.524. The van der Waals surface area contributed by atoms with E-state index in [1.807, 2.05) is 35.0 Å². The smallest absolute Gasteiger partial charge is 0.277 e. The Morgan fingerprint density at radius 3 is 3.09 bits per heavy atom. The third-order valence-corrected chi connectivity index (χ3v) is 3.73. The molecule has 0 atom stereocenters. The first-order valence-corrected chi connectivity index (χ1v) is 7.65. The van der Waals surface area contributed by atoms with E-state index in [0.29, 0.717) is 17.9 Å². The van der Waals surface area contributed by atoms with Gasteiger partial charge < -0.3 is 9.72 Å². The molecule has 4 aromatic heterocycles. The van der Waals surface area contributed by atoms with Gasteiger partial charge in [0.1, 0.15) is 5.65 Å². The van der Waals surface area contributed by atoms with Gasteiger partial charge in [-0.25, -0.2) is 4.98 Å². The van der Waals surface area contributed by atoms with E-state index in [4.69, 9.17) is 0 Å². The minimum Gasteiger partial charge on any atom is -0.318 e. The van der Waals surface area contributed by atoms with Crippen molar-refractivity contribution in [1.29, 1.82) is 0 Å². The Balaban J connectivity index is 1.48. The van der Waals surface area contributed by atoms with Crippen LogP contribution in [-0.2, 0) is 6.54 Å². The van der Waals surface area contributed by atoms with Gasteiger partial charge in [0, 0.05) is 24.0 Å². The van der Waals surface area contributed by atoms with Crippen LogP contribution in [0.4, 0.5) is 5.69 Å². The summed E-state index contributed by atoms with van der Waals surface area (Å²) in [5.41, 5.74) is 2.68. The van der Waals surface area contributed by atoms with Gasteiger partial charge in [-0.15, -0.1) is 5.10 Å². The highest BCUT2D eigenvalue weighted by molar-refractivity contribution is 7.03. The van der Waals surface area contributed by atoms with Crippen molar-refractivity contribution in [3.63, 3.8) is 0 Å². The zero-order valence-electron chi connectivity index (χ0n) is 11.8. The van der Waals surface area contributed by atoms with E-state index in [1.54, 1.807) is 22.5 Å². The maximum Gasteiger partial charge on any atom is 0.277 e. The Labute approximate surface area is 134 Å². The number of nitrogens with zero attached hydrogens (tertiary/aromatic N) is 6. The second-order valence-corrected chi connectivity index (χ2v) is 5.48. The molecule has 0 aliphatic carbocycles. The zero-order valence-corrected chi connectivity index (χ0v) is 12.6. The molecule has 1 amide bonds. The van der Waals surface area contributed by atoms with Crippen molar-refractivity contribution in [1.82, 2.24) is 28.8 Å². The molecule has 1 N–H and O–H groups in total. The van der Waals surface area contributed by atoms with Gasteiger partial charge in [-0.1, -0.05) is 10.6 Å². The van der Waals surface area contributed by atoms with Crippen molar-refractivity contribution in [2.75, 3.05) is 5.32 Å². The first-order valence-electron chi connectivity index (χ1n) is 6.81. The van der Waals surface area contributed by atoms with Crippen molar-refractivity contribution in [2.45, 2.75) is 6.54 Å². The predicted octanol–water partition coefficient (Wildman–Crippen LogP) is 1.68. The van der Waals surface area contributed by atoms with Crippen molar-refractivity contribution < 1.29 is 4.79 Å². The Hall–Kier alpha value is -3.07. The van der Waals surface area contributed by atoms with Crippen LogP contribution in [0.2, 0.25) is 0 Å². The van der Waals surface area contributed by atoms with Crippen LogP contribution < -0.4 is 5.32 Å². The van der Waals surface area contributed by atoms with Crippen LogP contribution >= 0.6 is 11.5 Å². The summed E-state index contributed by atoms with van der Waals surface area (Å²) >= 11 is 1.13. The van der Waals surface area contributed by atoms with E-state index in [0.717, 1.165) is 22.9 Å². The number of hydrogen-bond donors (Lipinski definition) is 1. The fraction of sp³-hybridized carbons (Fsp3) is 0.0714. The Bertz CT molecular complexity index is 924. The Morgan fingerprint density at radius 1 is 1.30 bits per heavy atom. The van der Waals surface area contributed by atoms with Gasteiger partial charge in [0.05, 0.1) is 24.1 Å². The topological polar surface area (TPSA) is 90.0 Å². The van der Waals surface area contributed by atoms with E-state index in [2.05, 4.69) is 25.0 Å². The standard InChI is InChI=1S/C14H11N7OS/c22-14(12-9-23-19-18-12)17-10-5-15-21(7-10)8-11-6-20-4-2-1-3-13(20)16-11/h1-7,9H,8H2,(H,17,22). The normalized spacial score (nSPS) is 11.0. The van der Waals surface area contributed by atoms with Crippen LogP contribution in [0.3, 0.4) is 0 Å². The molecule has 0 unspecified atom stereocenters. The van der Waals surface area contributed by atoms with Crippen molar-refractivity contribution in [2.24, 2.45) is 0 Å². The van der Waals surface area contributed by atoms with Crippen molar-refractivity contribution in [3.05, 3.63) is 59.8 Å². The van der Waals surface area contributed by atoms with Crippen LogP contribution in [-0.4, -0.2) is 34.7 Å². The van der Waals surface area contributed by atoms with Crippen LogP contribution in [0.25, 0.3) is 5.65 Å². The third kappa shape index (κ3) is 2.81. The number of pyridine rings is 1. The Kier molecular flexibility index (Phi) is 3.31. The average molecular weight is 325 g/mol. The van der Waals surface area contributed by atoms with E-state index in [1.165, 1.54) is 0 Å². The zero-order chi connectivity index (χ0) is 15.6. The molecule has 0 fully saturated rings. The van der Waals surface area contributed by atoms with Crippen LogP contribution in [0.5, 0.6) is 0 Å². The molecule has 23 heavy (non-hydrogen) atoms. The lowest BCUT2D eigenvalue weighted by atomic mass is 10.4. The second kappa shape index (κ2) is 5.61. The van der Waals surface area contributed by atoms with Crippen LogP contribution in [0.1, 0.15) is 16.2 Å². The lowest BCUT2D eigenvalue weighted by molar-refractivity contribution is 0.102. The van der Waals surface area contributed by atoms with Gasteiger partial charge >= 0.3 is 0 Å². The third-order valence-electron chi connectivity index (χ3n) is 3.22. The second-order valence-electron chi connectivity index (χ2n) is 4.87. The predicted molar refractivity (Wildman–Crippen MR) is 84.4 cm³/mol. The molecular formula is C14H11N7OS. The molecule has 8 nitrogen and oxygen atoms in total. The molecule has 0 radical (unpaired) electrons. The summed E-state index contributed by atoms with van der Waals surface area (Å²) in [6, 6.07) is 5.84. The van der Waals surface area contributed by atoms with E-state index < -0.39 is 0 Å². The largest absolute Gasteiger partial charge is 0.318 e. The molecule has 0 aliphatic heterocycles. The number of carbonyl (C=O) groups excluding carboxylic acids is 1. The number of nitrogens with one attached hydrogen (secondary N) is 1. The highest BCUT2D eigenvalue weighted by Gasteiger charge is 2.10. The SMILES string of the molecule is O=C(Nc1cnn(Cc2cn3ccccc3n2)c1)c1csnn1. The maximum atomic E-state index is 11.9. The number of rotatable bonds is 4. The monoisotopic (exact) mass is 325 g/mol. The fourth-order valence-corrected chi connectivity index (χ4v) is 2.64. The van der Waals surface area contributed by atoms with Crippen LogP contribution in [0, 0.1) is 0 Å². The van der Waals surface area contributed by atoms with Gasteiger partial charge in [0.2, 0.25) is 0 Å². The molecule has 4 rings (SSSR count). The average Bonchev–Trinajstić information content (AvgIpc) is 3.27. The summed E-state index contributed by atoms with van der Waals surface area (Å²) in [6.07, 6.45) is 7.24. The van der Waals surface area contributed by atoms with Crippen LogP contribution in [0.15, 0.2) is 48.4 Å². The van der Waals surface area contributed by atoms with Gasteiger partial charge in [-0.2, -0.15) is 5.10 Å². The number of aromatic nitrogens is 6. The molecule has 4 aromatic rings. The molecule has 0 aliphatic rings. The lowest BCUT2D eigenvalue weighted by Gasteiger charge is -1.98. The molecular weight excluding hydrogens is 314 g/mol. The minimum absolute atomic E-state index is 0.295. The quantitative estimate of drug-likeness (QED) is 0.616. The first kappa shape index (κ1) is 13.6. The molecule has 114 valence electrons. The molecule has 0 saturated carbocycles. The van der Waals surface area contributed by atoms with E-state index in [-0.39, 0.29) is 5.91 Å². The van der Waals surface area contributed by atoms with Crippen molar-refractivity contribution in [3.8, 4) is 0 Å². The number of fused-ring (bicyclic) bond motifs is 1.